The van der Waals surface area contributed by atoms with Crippen molar-refractivity contribution in [3.05, 3.63) is 75.3 Å². The molecule has 1 aliphatic heterocycles. The van der Waals surface area contributed by atoms with Crippen molar-refractivity contribution in [2.24, 2.45) is 0 Å². The van der Waals surface area contributed by atoms with Crippen molar-refractivity contribution in [2.45, 2.75) is 31.3 Å². The lowest BCUT2D eigenvalue weighted by atomic mass is 9.81. The molecule has 0 N–H and O–H groups in total. The zero-order valence-corrected chi connectivity index (χ0v) is 18.8. The minimum absolute atomic E-state index is 0.0287. The molecule has 0 saturated heterocycles. The fraction of sp³-hybridized carbons (Fsp3) is 0.375. The predicted octanol–water partition coefficient (Wildman–Crippen LogP) is 4.93. The van der Waals surface area contributed by atoms with Gasteiger partial charge in [0.05, 0.1) is 29.6 Å². The minimum Gasteiger partial charge on any atom is -0.496 e. The van der Waals surface area contributed by atoms with Crippen molar-refractivity contribution >= 4 is 29.1 Å². The van der Waals surface area contributed by atoms with Crippen LogP contribution in [0, 0.1) is 0 Å². The molecule has 0 saturated carbocycles. The third-order valence-corrected chi connectivity index (χ3v) is 6.97. The van der Waals surface area contributed by atoms with Gasteiger partial charge in [-0.05, 0) is 47.7 Å². The van der Waals surface area contributed by atoms with Gasteiger partial charge in [0.15, 0.2) is 0 Å². The molecule has 1 amide bonds. The predicted molar refractivity (Wildman–Crippen MR) is 121 cm³/mol. The topological polar surface area (TPSA) is 32.8 Å². The average molecular weight is 445 g/mol. The Labute approximate surface area is 188 Å². The molecular formula is C24H26Cl2N2O2. The zero-order chi connectivity index (χ0) is 21.3. The van der Waals surface area contributed by atoms with Crippen molar-refractivity contribution in [2.75, 3.05) is 27.2 Å². The van der Waals surface area contributed by atoms with Crippen LogP contribution in [0.25, 0.3) is 0 Å². The van der Waals surface area contributed by atoms with Gasteiger partial charge < -0.3 is 9.64 Å². The van der Waals surface area contributed by atoms with Crippen LogP contribution in [-0.2, 0) is 17.6 Å². The van der Waals surface area contributed by atoms with E-state index in [9.17, 15) is 4.79 Å². The summed E-state index contributed by atoms with van der Waals surface area (Å²) in [5.74, 6) is 0.965. The summed E-state index contributed by atoms with van der Waals surface area (Å²) in [4.78, 5) is 17.7. The molecule has 2 aromatic rings. The van der Waals surface area contributed by atoms with E-state index in [0.717, 1.165) is 37.2 Å². The molecule has 2 aliphatic rings. The van der Waals surface area contributed by atoms with Gasteiger partial charge in [-0.2, -0.15) is 0 Å². The van der Waals surface area contributed by atoms with Gasteiger partial charge in [0.25, 0.3) is 0 Å². The number of benzene rings is 2. The van der Waals surface area contributed by atoms with Gasteiger partial charge in [0, 0.05) is 26.2 Å². The molecule has 4 rings (SSSR count). The van der Waals surface area contributed by atoms with Gasteiger partial charge in [0.1, 0.15) is 5.75 Å². The van der Waals surface area contributed by atoms with Crippen molar-refractivity contribution in [1.29, 1.82) is 0 Å². The molecule has 2 unspecified atom stereocenters. The highest BCUT2D eigenvalue weighted by Gasteiger charge is 2.38. The standard InChI is InChI=1S/C24H26Cl2N2O2/c1-27(23(29)15-16-8-10-19(25)20(26)14-16)24-18-6-5-7-22(30-2)17(18)9-11-21(24)28-12-3-4-13-28/h3-8,10,14,21,24H,9,11-13,15H2,1-2H3. The van der Waals surface area contributed by atoms with Gasteiger partial charge in [-0.1, -0.05) is 53.6 Å². The summed E-state index contributed by atoms with van der Waals surface area (Å²) in [6.07, 6.45) is 6.63. The van der Waals surface area contributed by atoms with Gasteiger partial charge in [0.2, 0.25) is 5.91 Å². The van der Waals surface area contributed by atoms with Gasteiger partial charge >= 0.3 is 0 Å². The molecule has 0 radical (unpaired) electrons. The van der Waals surface area contributed by atoms with Crippen molar-refractivity contribution in [1.82, 2.24) is 9.80 Å². The summed E-state index contributed by atoms with van der Waals surface area (Å²) in [5.41, 5.74) is 3.26. The van der Waals surface area contributed by atoms with Gasteiger partial charge in [-0.3, -0.25) is 9.69 Å². The zero-order valence-electron chi connectivity index (χ0n) is 17.3. The minimum atomic E-state index is -0.0287. The Morgan fingerprint density at radius 1 is 1.17 bits per heavy atom. The third kappa shape index (κ3) is 4.09. The lowest BCUT2D eigenvalue weighted by Crippen LogP contribution is -2.49. The van der Waals surface area contributed by atoms with Crippen molar-refractivity contribution < 1.29 is 9.53 Å². The van der Waals surface area contributed by atoms with Crippen LogP contribution in [0.15, 0.2) is 48.6 Å². The van der Waals surface area contributed by atoms with Crippen LogP contribution < -0.4 is 4.74 Å². The molecule has 4 nitrogen and oxygen atoms in total. The lowest BCUT2D eigenvalue weighted by Gasteiger charge is -2.43. The molecule has 2 atom stereocenters. The molecule has 0 spiro atoms. The second kappa shape index (κ2) is 9.01. The molecule has 0 fully saturated rings. The summed E-state index contributed by atoms with van der Waals surface area (Å²) in [6, 6.07) is 11.8. The Morgan fingerprint density at radius 3 is 2.63 bits per heavy atom. The highest BCUT2D eigenvalue weighted by molar-refractivity contribution is 6.42. The van der Waals surface area contributed by atoms with E-state index >= 15 is 0 Å². The Bertz CT molecular complexity index is 968. The van der Waals surface area contributed by atoms with E-state index in [1.807, 2.05) is 30.1 Å². The number of methoxy groups -OCH3 is 1. The summed E-state index contributed by atoms with van der Waals surface area (Å²) < 4.78 is 5.63. The number of likely N-dealkylation sites (N-methyl/N-ethyl adjacent to an activating group) is 1. The van der Waals surface area contributed by atoms with Crippen molar-refractivity contribution in [3.8, 4) is 5.75 Å². The monoisotopic (exact) mass is 444 g/mol. The number of fused-ring (bicyclic) bond motifs is 1. The van der Waals surface area contributed by atoms with Crippen LogP contribution in [0.1, 0.15) is 29.2 Å². The Morgan fingerprint density at radius 2 is 1.93 bits per heavy atom. The number of rotatable bonds is 5. The maximum atomic E-state index is 13.3. The number of nitrogens with zero attached hydrogens (tertiary/aromatic N) is 2. The van der Waals surface area contributed by atoms with E-state index < -0.39 is 0 Å². The molecule has 0 bridgehead atoms. The maximum Gasteiger partial charge on any atom is 0.227 e. The number of hydrogen-bond donors (Lipinski definition) is 0. The molecule has 30 heavy (non-hydrogen) atoms. The van der Waals surface area contributed by atoms with Crippen LogP contribution in [-0.4, -0.2) is 49.0 Å². The van der Waals surface area contributed by atoms with Crippen LogP contribution in [0.2, 0.25) is 10.0 Å². The Kier molecular flexibility index (Phi) is 6.37. The Balaban J connectivity index is 1.65. The van der Waals surface area contributed by atoms with Crippen LogP contribution in [0.3, 0.4) is 0 Å². The first-order chi connectivity index (χ1) is 14.5. The van der Waals surface area contributed by atoms with E-state index in [4.69, 9.17) is 27.9 Å². The number of halogens is 2. The second-order valence-electron chi connectivity index (χ2n) is 7.93. The summed E-state index contributed by atoms with van der Waals surface area (Å²) in [7, 11) is 3.62. The molecule has 6 heteroatoms. The van der Waals surface area contributed by atoms with Gasteiger partial charge in [-0.15, -0.1) is 0 Å². The van der Waals surface area contributed by atoms with E-state index in [2.05, 4.69) is 23.1 Å². The smallest absolute Gasteiger partial charge is 0.227 e. The van der Waals surface area contributed by atoms with Crippen LogP contribution >= 0.6 is 23.2 Å². The normalized spacial score (nSPS) is 20.8. The van der Waals surface area contributed by atoms with E-state index in [-0.39, 0.29) is 24.4 Å². The number of carbonyl (C=O) groups is 1. The Hall–Kier alpha value is -2.01. The summed E-state index contributed by atoms with van der Waals surface area (Å²) in [5, 5.41) is 0.967. The highest BCUT2D eigenvalue weighted by Crippen LogP contribution is 2.41. The third-order valence-electron chi connectivity index (χ3n) is 6.23. The van der Waals surface area contributed by atoms with E-state index in [1.54, 1.807) is 19.2 Å². The fourth-order valence-corrected chi connectivity index (χ4v) is 5.01. The highest BCUT2D eigenvalue weighted by atomic mass is 35.5. The second-order valence-corrected chi connectivity index (χ2v) is 8.75. The summed E-state index contributed by atoms with van der Waals surface area (Å²) >= 11 is 12.2. The largest absolute Gasteiger partial charge is 0.496 e. The molecular weight excluding hydrogens is 419 g/mol. The number of ether oxygens (including phenoxy) is 1. The molecule has 1 heterocycles. The first-order valence-electron chi connectivity index (χ1n) is 10.2. The quantitative estimate of drug-likeness (QED) is 0.612. The van der Waals surface area contributed by atoms with Gasteiger partial charge in [-0.25, -0.2) is 0 Å². The summed E-state index contributed by atoms with van der Waals surface area (Å²) in [6.45, 7) is 1.85. The average Bonchev–Trinajstić information content (AvgIpc) is 3.29. The first kappa shape index (κ1) is 21.2. The first-order valence-corrected chi connectivity index (χ1v) is 11.0. The van der Waals surface area contributed by atoms with Crippen LogP contribution in [0.5, 0.6) is 5.75 Å². The molecule has 0 aromatic heterocycles. The number of hydrogen-bond acceptors (Lipinski definition) is 3. The fourth-order valence-electron chi connectivity index (χ4n) is 4.69. The van der Waals surface area contributed by atoms with E-state index in [1.165, 1.54) is 11.1 Å². The number of amides is 1. The van der Waals surface area contributed by atoms with Crippen LogP contribution in [0.4, 0.5) is 0 Å². The maximum absolute atomic E-state index is 13.3. The van der Waals surface area contributed by atoms with Crippen molar-refractivity contribution in [3.63, 3.8) is 0 Å². The SMILES string of the molecule is COc1cccc2c1CCC(N1CC=CC1)C2N(C)C(=O)Cc1ccc(Cl)c(Cl)c1. The van der Waals surface area contributed by atoms with E-state index in [0.29, 0.717) is 10.0 Å². The number of carbonyl (C=O) groups excluding carboxylic acids is 1. The lowest BCUT2D eigenvalue weighted by molar-refractivity contribution is -0.133. The molecule has 2 aromatic carbocycles. The molecule has 1 aliphatic carbocycles. The molecule has 158 valence electrons.